The molecule has 4 heterocycles. The third-order valence-corrected chi connectivity index (χ3v) is 14.1. The minimum Gasteiger partial charge on any atom is -0.455 e. The first-order valence-electron chi connectivity index (χ1n) is 22.8. The van der Waals surface area contributed by atoms with Crippen LogP contribution in [0.3, 0.4) is 0 Å². The minimum absolute atomic E-state index is 0.785. The predicted octanol–water partition coefficient (Wildman–Crippen LogP) is 16.5. The molecule has 5 heteroatoms. The highest BCUT2D eigenvalue weighted by molar-refractivity contribution is 6.20. The molecule has 11 aromatic carbocycles. The summed E-state index contributed by atoms with van der Waals surface area (Å²) in [6.45, 7) is 0. The second kappa shape index (κ2) is 13.7. The summed E-state index contributed by atoms with van der Waals surface area (Å²) >= 11 is 0. The number of benzene rings is 11. The molecule has 0 aliphatic heterocycles. The lowest BCUT2D eigenvalue weighted by Gasteiger charge is -2.16. The highest BCUT2D eigenvalue weighted by Gasteiger charge is 2.23. The Balaban J connectivity index is 1.02. The fourth-order valence-corrected chi connectivity index (χ4v) is 11.1. The van der Waals surface area contributed by atoms with Crippen molar-refractivity contribution >= 4 is 109 Å². The molecule has 310 valence electrons. The molecule has 0 amide bonds. The lowest BCUT2D eigenvalue weighted by atomic mass is 9.96. The van der Waals surface area contributed by atoms with Crippen molar-refractivity contribution in [3.63, 3.8) is 0 Å². The zero-order valence-electron chi connectivity index (χ0n) is 36.0. The second-order valence-electron chi connectivity index (χ2n) is 17.7. The van der Waals surface area contributed by atoms with Crippen LogP contribution in [0.4, 0.5) is 0 Å². The van der Waals surface area contributed by atoms with Crippen LogP contribution in [0.2, 0.25) is 0 Å². The molecular weight excluding hydrogens is 817 g/mol. The van der Waals surface area contributed by atoms with E-state index in [0.29, 0.717) is 0 Å². The zero-order chi connectivity index (χ0) is 43.7. The van der Waals surface area contributed by atoms with Crippen LogP contribution in [-0.4, -0.2) is 19.1 Å². The van der Waals surface area contributed by atoms with Crippen molar-refractivity contribution in [3.8, 4) is 33.9 Å². The van der Waals surface area contributed by atoms with Crippen molar-refractivity contribution in [2.45, 2.75) is 0 Å². The molecular formula is C62H36N4O. The van der Waals surface area contributed by atoms with Crippen molar-refractivity contribution in [1.82, 2.24) is 19.1 Å². The molecule has 0 aliphatic carbocycles. The molecule has 67 heavy (non-hydrogen) atoms. The largest absolute Gasteiger partial charge is 0.455 e. The first kappa shape index (κ1) is 36.3. The van der Waals surface area contributed by atoms with Gasteiger partial charge in [0.25, 0.3) is 0 Å². The summed E-state index contributed by atoms with van der Waals surface area (Å²) in [7, 11) is 0. The Bertz CT molecular complexity index is 4590. The summed E-state index contributed by atoms with van der Waals surface area (Å²) in [4.78, 5) is 10.9. The number of rotatable bonds is 4. The van der Waals surface area contributed by atoms with Crippen molar-refractivity contribution in [2.75, 3.05) is 0 Å². The Hall–Kier alpha value is -9.06. The second-order valence-corrected chi connectivity index (χ2v) is 17.7. The van der Waals surface area contributed by atoms with Gasteiger partial charge in [0, 0.05) is 59.9 Å². The molecule has 5 nitrogen and oxygen atoms in total. The maximum Gasteiger partial charge on any atom is 0.144 e. The van der Waals surface area contributed by atoms with E-state index < -0.39 is 0 Å². The molecule has 0 saturated carbocycles. The third kappa shape index (κ3) is 5.19. The Labute approximate surface area is 383 Å². The quantitative estimate of drug-likeness (QED) is 0.177. The molecule has 0 radical (unpaired) electrons. The van der Waals surface area contributed by atoms with E-state index in [-0.39, 0.29) is 0 Å². The fraction of sp³-hybridized carbons (Fsp3) is 0. The van der Waals surface area contributed by atoms with E-state index in [2.05, 4.69) is 191 Å². The highest BCUT2D eigenvalue weighted by atomic mass is 16.3. The van der Waals surface area contributed by atoms with E-state index in [4.69, 9.17) is 14.4 Å². The van der Waals surface area contributed by atoms with Gasteiger partial charge in [-0.1, -0.05) is 158 Å². The van der Waals surface area contributed by atoms with Crippen LogP contribution in [0.5, 0.6) is 0 Å². The first-order chi connectivity index (χ1) is 33.2. The average Bonchev–Trinajstić information content (AvgIpc) is 4.05. The van der Waals surface area contributed by atoms with E-state index in [1.165, 1.54) is 54.1 Å². The number of hydrogen-bond acceptors (Lipinski definition) is 3. The number of hydrogen-bond donors (Lipinski definition) is 0. The number of para-hydroxylation sites is 5. The fourth-order valence-electron chi connectivity index (χ4n) is 11.1. The summed E-state index contributed by atoms with van der Waals surface area (Å²) in [5.41, 5.74) is 13.7. The van der Waals surface area contributed by atoms with Crippen LogP contribution in [0, 0.1) is 0 Å². The molecule has 0 N–H and O–H groups in total. The van der Waals surface area contributed by atoms with Crippen LogP contribution >= 0.6 is 0 Å². The van der Waals surface area contributed by atoms with Gasteiger partial charge in [0.15, 0.2) is 0 Å². The number of fused-ring (bicyclic) bond motifs is 14. The maximum absolute atomic E-state index is 6.64. The zero-order valence-corrected chi connectivity index (χ0v) is 36.0. The van der Waals surface area contributed by atoms with Crippen molar-refractivity contribution in [1.29, 1.82) is 0 Å². The molecule has 0 atom stereocenters. The highest BCUT2D eigenvalue weighted by Crippen LogP contribution is 2.44. The Morgan fingerprint density at radius 2 is 0.925 bits per heavy atom. The van der Waals surface area contributed by atoms with Crippen molar-refractivity contribution in [2.24, 2.45) is 0 Å². The lowest BCUT2D eigenvalue weighted by molar-refractivity contribution is 0.670. The topological polar surface area (TPSA) is 48.8 Å². The summed E-state index contributed by atoms with van der Waals surface area (Å²) < 4.78 is 11.6. The van der Waals surface area contributed by atoms with Gasteiger partial charge >= 0.3 is 0 Å². The molecule has 0 bridgehead atoms. The van der Waals surface area contributed by atoms with Gasteiger partial charge in [-0.3, -0.25) is 0 Å². The Kier molecular flexibility index (Phi) is 7.44. The molecule has 0 fully saturated rings. The summed E-state index contributed by atoms with van der Waals surface area (Å²) in [5, 5.41) is 14.1. The van der Waals surface area contributed by atoms with Gasteiger partial charge in [-0.2, -0.15) is 0 Å². The van der Waals surface area contributed by atoms with Crippen molar-refractivity contribution in [3.05, 3.63) is 218 Å². The molecule has 4 aromatic heterocycles. The molecule has 0 aliphatic rings. The van der Waals surface area contributed by atoms with Crippen LogP contribution in [-0.2, 0) is 0 Å². The summed E-state index contributed by atoms with van der Waals surface area (Å²) in [6.07, 6.45) is 0. The molecule has 0 unspecified atom stereocenters. The predicted molar refractivity (Wildman–Crippen MR) is 279 cm³/mol. The molecule has 15 aromatic rings. The van der Waals surface area contributed by atoms with Gasteiger partial charge in [0.2, 0.25) is 0 Å². The van der Waals surface area contributed by atoms with E-state index >= 15 is 0 Å². The van der Waals surface area contributed by atoms with E-state index in [1.54, 1.807) is 0 Å². The van der Waals surface area contributed by atoms with E-state index in [1.807, 2.05) is 36.4 Å². The normalized spacial score (nSPS) is 12.2. The van der Waals surface area contributed by atoms with Crippen LogP contribution in [0.25, 0.3) is 143 Å². The summed E-state index contributed by atoms with van der Waals surface area (Å²) in [5.74, 6) is 0. The minimum atomic E-state index is 0.785. The molecule has 0 spiro atoms. The van der Waals surface area contributed by atoms with Crippen LogP contribution < -0.4 is 0 Å². The Morgan fingerprint density at radius 3 is 1.78 bits per heavy atom. The smallest absolute Gasteiger partial charge is 0.144 e. The molecule has 0 saturated heterocycles. The SMILES string of the molecule is c1ccc2cc3c(cc2c1)c1ccc(-n2c4ccccc4c4ccc5ccccc5c42)cc1n3-c1cccc2c(-c3nc4ccccc4nc3-c3cccc4c3oc3ccccc34)cccc12. The lowest BCUT2D eigenvalue weighted by Crippen LogP contribution is -1.99. The number of nitrogens with zero attached hydrogens (tertiary/aromatic N) is 4. The average molecular weight is 853 g/mol. The van der Waals surface area contributed by atoms with E-state index in [9.17, 15) is 0 Å². The van der Waals surface area contributed by atoms with Gasteiger partial charge < -0.3 is 13.6 Å². The monoisotopic (exact) mass is 852 g/mol. The van der Waals surface area contributed by atoms with Gasteiger partial charge in [-0.05, 0) is 82.2 Å². The van der Waals surface area contributed by atoms with Gasteiger partial charge in [0.05, 0.1) is 44.5 Å². The summed E-state index contributed by atoms with van der Waals surface area (Å²) in [6, 6.07) is 78.6. The first-order valence-corrected chi connectivity index (χ1v) is 22.8. The number of aromatic nitrogens is 4. The van der Waals surface area contributed by atoms with Gasteiger partial charge in [-0.15, -0.1) is 0 Å². The number of furan rings is 1. The Morgan fingerprint density at radius 1 is 0.328 bits per heavy atom. The van der Waals surface area contributed by atoms with Gasteiger partial charge in [-0.25, -0.2) is 9.97 Å². The van der Waals surface area contributed by atoms with Crippen LogP contribution in [0.15, 0.2) is 223 Å². The van der Waals surface area contributed by atoms with Gasteiger partial charge in [0.1, 0.15) is 16.9 Å². The van der Waals surface area contributed by atoms with Crippen molar-refractivity contribution < 1.29 is 4.42 Å². The van der Waals surface area contributed by atoms with E-state index in [0.717, 1.165) is 88.7 Å². The standard InChI is InChI=1S/C62H36N4O/c1-2-16-39-35-56-51(34-38(39)15-1)45-33-31-40(65-54-27-9-5-18-44(54)48-32-30-37-14-3-4-17-41(37)61(48)65)36-57(45)66(56)55-28-13-20-42-43(55)21-11-22-47(42)59-60(64-53-26-8-7-25-52(53)63-59)50-24-12-23-49-46-19-6-10-29-58(46)67-62(49)50/h1-36H. The van der Waals surface area contributed by atoms with Crippen LogP contribution in [0.1, 0.15) is 0 Å². The third-order valence-electron chi connectivity index (χ3n) is 14.1. The molecule has 15 rings (SSSR count). The maximum atomic E-state index is 6.64.